The lowest BCUT2D eigenvalue weighted by atomic mass is 9.96. The van der Waals surface area contributed by atoms with Crippen molar-refractivity contribution in [2.45, 2.75) is 69.3 Å². The van der Waals surface area contributed by atoms with Crippen LogP contribution in [0.5, 0.6) is 11.5 Å². The maximum Gasteiger partial charge on any atom is 0.196 e. The second-order valence-electron chi connectivity index (χ2n) is 8.81. The third-order valence-electron chi connectivity index (χ3n) is 5.98. The average molecular weight is 468 g/mol. The Bertz CT molecular complexity index is 1070. The standard InChI is InChI=1S/C22H28O11/c1-22(2,28)15-5-10-12(32-15)6-13-16(20(10)29-3)11(24)4-9(31-13)8-30-21-19(27)18(26)17(25)14(7-23)33-21/h4,6,14-15,17-19,21,23,25-28H,5,7-8H2,1-3H3/t14-,15+,17+,18+,19+,21-/m0/s1. The topological polar surface area (TPSA) is 168 Å². The number of rotatable bonds is 6. The molecule has 2 aromatic rings. The van der Waals surface area contributed by atoms with Crippen molar-refractivity contribution in [1.82, 2.24) is 0 Å². The van der Waals surface area contributed by atoms with Crippen molar-refractivity contribution in [3.63, 3.8) is 0 Å². The second kappa shape index (κ2) is 8.84. The molecule has 0 aliphatic carbocycles. The summed E-state index contributed by atoms with van der Waals surface area (Å²) in [5.74, 6) is 0.842. The van der Waals surface area contributed by atoms with E-state index in [1.165, 1.54) is 13.2 Å². The average Bonchev–Trinajstić information content (AvgIpc) is 3.20. The molecule has 11 nitrogen and oxygen atoms in total. The molecule has 0 spiro atoms. The Morgan fingerprint density at radius 3 is 2.52 bits per heavy atom. The van der Waals surface area contributed by atoms with Crippen molar-refractivity contribution in [1.29, 1.82) is 0 Å². The fourth-order valence-electron chi connectivity index (χ4n) is 4.09. The van der Waals surface area contributed by atoms with E-state index in [0.717, 1.165) is 0 Å². The smallest absolute Gasteiger partial charge is 0.196 e. The summed E-state index contributed by atoms with van der Waals surface area (Å²) < 4.78 is 27.9. The molecule has 4 rings (SSSR count). The van der Waals surface area contributed by atoms with Crippen molar-refractivity contribution in [2.24, 2.45) is 0 Å². The highest BCUT2D eigenvalue weighted by Gasteiger charge is 2.44. The fraction of sp³-hybridized carbons (Fsp3) is 0.591. The monoisotopic (exact) mass is 468 g/mol. The molecule has 0 bridgehead atoms. The summed E-state index contributed by atoms with van der Waals surface area (Å²) in [5, 5.41) is 49.7. The van der Waals surface area contributed by atoms with Crippen LogP contribution in [0.15, 0.2) is 21.3 Å². The quantitative estimate of drug-likeness (QED) is 0.360. The van der Waals surface area contributed by atoms with Crippen molar-refractivity contribution in [3.8, 4) is 11.5 Å². The molecule has 0 unspecified atom stereocenters. The molecule has 0 amide bonds. The van der Waals surface area contributed by atoms with Gasteiger partial charge in [0.15, 0.2) is 11.7 Å². The van der Waals surface area contributed by atoms with Crippen LogP contribution in [0.3, 0.4) is 0 Å². The molecule has 2 aliphatic rings. The van der Waals surface area contributed by atoms with Crippen LogP contribution in [0.4, 0.5) is 0 Å². The summed E-state index contributed by atoms with van der Waals surface area (Å²) in [5.41, 5.74) is -0.662. The van der Waals surface area contributed by atoms with Crippen LogP contribution >= 0.6 is 0 Å². The SMILES string of the molecule is COc1c2c(cc3oc(CO[C@H]4O[C@@H](CO)[C@@H](O)[C@@H](O)[C@H]4O)cc(=O)c13)O[C@@H](C(C)(C)O)C2. The Kier molecular flexibility index (Phi) is 6.40. The zero-order valence-corrected chi connectivity index (χ0v) is 18.4. The molecule has 3 heterocycles. The lowest BCUT2D eigenvalue weighted by Crippen LogP contribution is -2.59. The van der Waals surface area contributed by atoms with Crippen LogP contribution < -0.4 is 14.9 Å². The molecule has 0 radical (unpaired) electrons. The van der Waals surface area contributed by atoms with E-state index in [1.54, 1.807) is 19.9 Å². The number of methoxy groups -OCH3 is 1. The van der Waals surface area contributed by atoms with E-state index in [2.05, 4.69) is 0 Å². The highest BCUT2D eigenvalue weighted by atomic mass is 16.7. The molecule has 1 saturated heterocycles. The van der Waals surface area contributed by atoms with Gasteiger partial charge in [0, 0.05) is 24.1 Å². The largest absolute Gasteiger partial charge is 0.495 e. The summed E-state index contributed by atoms with van der Waals surface area (Å²) in [6, 6.07) is 2.77. The lowest BCUT2D eigenvalue weighted by molar-refractivity contribution is -0.304. The maximum absolute atomic E-state index is 12.9. The molecule has 0 saturated carbocycles. The number of fused-ring (bicyclic) bond motifs is 2. The first-order valence-corrected chi connectivity index (χ1v) is 10.5. The van der Waals surface area contributed by atoms with Gasteiger partial charge in [0.2, 0.25) is 0 Å². The highest BCUT2D eigenvalue weighted by Crippen LogP contribution is 2.43. The Labute approximate surface area is 188 Å². The summed E-state index contributed by atoms with van der Waals surface area (Å²) in [6.07, 6.45) is -7.33. The van der Waals surface area contributed by atoms with Gasteiger partial charge < -0.3 is 48.9 Å². The van der Waals surface area contributed by atoms with Crippen LogP contribution in [0.25, 0.3) is 11.0 Å². The number of ether oxygens (including phenoxy) is 4. The van der Waals surface area contributed by atoms with Gasteiger partial charge in [-0.2, -0.15) is 0 Å². The van der Waals surface area contributed by atoms with Gasteiger partial charge in [-0.05, 0) is 13.8 Å². The van der Waals surface area contributed by atoms with Gasteiger partial charge in [-0.1, -0.05) is 0 Å². The van der Waals surface area contributed by atoms with Crippen LogP contribution in [-0.2, 0) is 22.5 Å². The molecular formula is C22H28O11. The first-order chi connectivity index (χ1) is 15.5. The molecule has 11 heteroatoms. The lowest BCUT2D eigenvalue weighted by Gasteiger charge is -2.39. The predicted octanol–water partition coefficient (Wildman–Crippen LogP) is -0.808. The number of hydrogen-bond donors (Lipinski definition) is 5. The van der Waals surface area contributed by atoms with Crippen molar-refractivity contribution in [2.75, 3.05) is 13.7 Å². The zero-order chi connectivity index (χ0) is 24.1. The van der Waals surface area contributed by atoms with E-state index in [0.29, 0.717) is 23.5 Å². The van der Waals surface area contributed by atoms with E-state index in [9.17, 15) is 30.3 Å². The van der Waals surface area contributed by atoms with Crippen LogP contribution in [0, 0.1) is 0 Å². The minimum absolute atomic E-state index is 0.100. The first kappa shape index (κ1) is 23.9. The van der Waals surface area contributed by atoms with Crippen LogP contribution in [-0.4, -0.2) is 81.7 Å². The van der Waals surface area contributed by atoms with Crippen molar-refractivity contribution < 1.29 is 48.9 Å². The summed E-state index contributed by atoms with van der Waals surface area (Å²) in [4.78, 5) is 12.9. The van der Waals surface area contributed by atoms with Gasteiger partial charge in [-0.15, -0.1) is 0 Å². The Hall–Kier alpha value is -2.25. The van der Waals surface area contributed by atoms with Gasteiger partial charge in [-0.25, -0.2) is 0 Å². The third-order valence-corrected chi connectivity index (χ3v) is 5.98. The van der Waals surface area contributed by atoms with Gasteiger partial charge >= 0.3 is 0 Å². The van der Waals surface area contributed by atoms with Crippen molar-refractivity contribution >= 4 is 11.0 Å². The fourth-order valence-corrected chi connectivity index (χ4v) is 4.09. The molecule has 33 heavy (non-hydrogen) atoms. The summed E-state index contributed by atoms with van der Waals surface area (Å²) in [7, 11) is 1.43. The van der Waals surface area contributed by atoms with Crippen molar-refractivity contribution in [3.05, 3.63) is 33.7 Å². The molecule has 182 valence electrons. The van der Waals surface area contributed by atoms with Crippen LogP contribution in [0.2, 0.25) is 0 Å². The molecule has 1 aromatic heterocycles. The Balaban J connectivity index is 1.61. The van der Waals surface area contributed by atoms with Gasteiger partial charge in [0.1, 0.15) is 65.4 Å². The maximum atomic E-state index is 12.9. The number of benzene rings is 1. The minimum atomic E-state index is -1.59. The minimum Gasteiger partial charge on any atom is -0.495 e. The van der Waals surface area contributed by atoms with E-state index in [4.69, 9.17) is 23.4 Å². The molecule has 2 aliphatic heterocycles. The zero-order valence-electron chi connectivity index (χ0n) is 18.4. The normalized spacial score (nSPS) is 29.7. The van der Waals surface area contributed by atoms with Gasteiger partial charge in [0.25, 0.3) is 0 Å². The first-order valence-electron chi connectivity index (χ1n) is 10.5. The molecule has 1 aromatic carbocycles. The van der Waals surface area contributed by atoms with E-state index in [-0.39, 0.29) is 23.3 Å². The third kappa shape index (κ3) is 4.33. The Morgan fingerprint density at radius 2 is 1.88 bits per heavy atom. The molecule has 5 N–H and O–H groups in total. The second-order valence-corrected chi connectivity index (χ2v) is 8.81. The number of aliphatic hydroxyl groups excluding tert-OH is 4. The highest BCUT2D eigenvalue weighted by molar-refractivity contribution is 5.87. The van der Waals surface area contributed by atoms with E-state index >= 15 is 0 Å². The molecule has 1 fully saturated rings. The van der Waals surface area contributed by atoms with Gasteiger partial charge in [-0.3, -0.25) is 4.79 Å². The van der Waals surface area contributed by atoms with Crippen LogP contribution in [0.1, 0.15) is 25.2 Å². The molecular weight excluding hydrogens is 440 g/mol. The predicted molar refractivity (Wildman–Crippen MR) is 112 cm³/mol. The van der Waals surface area contributed by atoms with E-state index in [1.807, 2.05) is 0 Å². The summed E-state index contributed by atoms with van der Waals surface area (Å²) in [6.45, 7) is 2.37. The van der Waals surface area contributed by atoms with Gasteiger partial charge in [0.05, 0.1) is 19.3 Å². The van der Waals surface area contributed by atoms with E-state index < -0.39 is 54.4 Å². The number of hydrogen-bond acceptors (Lipinski definition) is 11. The number of aliphatic hydroxyl groups is 5. The molecule has 6 atom stereocenters. The summed E-state index contributed by atoms with van der Waals surface area (Å²) >= 11 is 0. The Morgan fingerprint density at radius 1 is 1.15 bits per heavy atom.